The first-order valence-corrected chi connectivity index (χ1v) is 5.59. The average molecular weight is 264 g/mol. The van der Waals surface area contributed by atoms with Gasteiger partial charge in [0.25, 0.3) is 0 Å². The topological polar surface area (TPSA) is 59.4 Å². The minimum atomic E-state index is -1.08. The molecule has 0 aliphatic heterocycles. The number of nitrogens with zero attached hydrogens (tertiary/aromatic N) is 1. The molecule has 0 spiro atoms. The van der Waals surface area contributed by atoms with Crippen LogP contribution in [0.2, 0.25) is 5.02 Å². The Labute approximate surface area is 109 Å². The van der Waals surface area contributed by atoms with Crippen molar-refractivity contribution < 1.29 is 14.6 Å². The minimum Gasteiger partial charge on any atom is -0.478 e. The van der Waals surface area contributed by atoms with E-state index >= 15 is 0 Å². The van der Waals surface area contributed by atoms with Crippen molar-refractivity contribution in [1.29, 1.82) is 0 Å². The summed E-state index contributed by atoms with van der Waals surface area (Å²) in [5, 5.41) is 9.57. The molecule has 5 heteroatoms. The Morgan fingerprint density at radius 2 is 2.00 bits per heavy atom. The number of pyridine rings is 1. The van der Waals surface area contributed by atoms with E-state index in [0.29, 0.717) is 16.3 Å². The number of aromatic nitrogens is 1. The first kappa shape index (κ1) is 12.4. The van der Waals surface area contributed by atoms with Crippen LogP contribution >= 0.6 is 11.6 Å². The van der Waals surface area contributed by atoms with Crippen LogP contribution in [0.25, 0.3) is 0 Å². The average Bonchev–Trinajstić information content (AvgIpc) is 2.37. The van der Waals surface area contributed by atoms with Crippen LogP contribution in [0.15, 0.2) is 48.8 Å². The number of carboxylic acid groups (broad SMARTS) is 1. The minimum absolute atomic E-state index is 0.318. The second kappa shape index (κ2) is 5.51. The Hall–Kier alpha value is -2.07. The van der Waals surface area contributed by atoms with E-state index in [1.165, 1.54) is 18.5 Å². The highest BCUT2D eigenvalue weighted by atomic mass is 35.5. The highest BCUT2D eigenvalue weighted by Crippen LogP contribution is 2.23. The second-order valence-corrected chi connectivity index (χ2v) is 4.02. The van der Waals surface area contributed by atoms with Gasteiger partial charge < -0.3 is 9.84 Å². The van der Waals surface area contributed by atoms with Gasteiger partial charge in [-0.15, -0.1) is 0 Å². The normalized spacial score (nSPS) is 11.8. The Balaban J connectivity index is 2.25. The van der Waals surface area contributed by atoms with Crippen LogP contribution < -0.4 is 4.74 Å². The van der Waals surface area contributed by atoms with Crippen molar-refractivity contribution in [1.82, 2.24) is 4.98 Å². The molecule has 2 aromatic rings. The molecule has 1 atom stereocenters. The van der Waals surface area contributed by atoms with E-state index in [1.54, 1.807) is 24.3 Å². The number of hydrogen-bond donors (Lipinski definition) is 1. The van der Waals surface area contributed by atoms with Gasteiger partial charge in [0.1, 0.15) is 5.75 Å². The Morgan fingerprint density at radius 1 is 1.28 bits per heavy atom. The Morgan fingerprint density at radius 3 is 2.61 bits per heavy atom. The zero-order valence-electron chi connectivity index (χ0n) is 9.29. The van der Waals surface area contributed by atoms with E-state index < -0.39 is 12.1 Å². The van der Waals surface area contributed by atoms with Gasteiger partial charge in [-0.2, -0.15) is 0 Å². The molecule has 92 valence electrons. The molecule has 0 fully saturated rings. The number of aliphatic carboxylic acids is 1. The molecule has 1 N–H and O–H groups in total. The van der Waals surface area contributed by atoms with Gasteiger partial charge in [0.05, 0.1) is 11.2 Å². The summed E-state index contributed by atoms with van der Waals surface area (Å²) >= 11 is 5.76. The highest BCUT2D eigenvalue weighted by molar-refractivity contribution is 6.30. The fraction of sp³-hybridized carbons (Fsp3) is 0.0769. The smallest absolute Gasteiger partial charge is 0.349 e. The molecule has 0 aliphatic carbocycles. The van der Waals surface area contributed by atoms with Crippen LogP contribution in [-0.2, 0) is 4.79 Å². The number of rotatable bonds is 4. The van der Waals surface area contributed by atoms with E-state index in [1.807, 2.05) is 6.07 Å². The predicted octanol–water partition coefficient (Wildman–Crippen LogP) is 2.94. The van der Waals surface area contributed by atoms with Crippen molar-refractivity contribution in [2.45, 2.75) is 6.10 Å². The molecule has 0 amide bonds. The largest absolute Gasteiger partial charge is 0.478 e. The lowest BCUT2D eigenvalue weighted by molar-refractivity contribution is -0.145. The molecule has 1 unspecified atom stereocenters. The molecule has 0 aliphatic rings. The molecular formula is C13H10ClNO3. The molecule has 0 saturated carbocycles. The maximum atomic E-state index is 11.2. The van der Waals surface area contributed by atoms with Gasteiger partial charge >= 0.3 is 5.97 Å². The quantitative estimate of drug-likeness (QED) is 0.921. The van der Waals surface area contributed by atoms with E-state index in [9.17, 15) is 9.90 Å². The SMILES string of the molecule is O=C(O)C(Oc1cncc(Cl)c1)c1ccccc1. The summed E-state index contributed by atoms with van der Waals surface area (Å²) in [4.78, 5) is 15.1. The summed E-state index contributed by atoms with van der Waals surface area (Å²) in [5.41, 5.74) is 0.560. The molecule has 0 radical (unpaired) electrons. The third-order valence-electron chi connectivity index (χ3n) is 2.26. The van der Waals surface area contributed by atoms with Crippen LogP contribution in [0.4, 0.5) is 0 Å². The Bertz CT molecular complexity index is 545. The lowest BCUT2D eigenvalue weighted by atomic mass is 10.1. The molecule has 2 rings (SSSR count). The zero-order valence-corrected chi connectivity index (χ0v) is 10.0. The molecule has 4 nitrogen and oxygen atoms in total. The van der Waals surface area contributed by atoms with Crippen molar-refractivity contribution in [2.75, 3.05) is 0 Å². The summed E-state index contributed by atoms with van der Waals surface area (Å²) in [5.74, 6) is -0.750. The van der Waals surface area contributed by atoms with Crippen molar-refractivity contribution in [3.63, 3.8) is 0 Å². The van der Waals surface area contributed by atoms with E-state index in [-0.39, 0.29) is 0 Å². The third-order valence-corrected chi connectivity index (χ3v) is 2.47. The fourth-order valence-electron chi connectivity index (χ4n) is 1.48. The number of carboxylic acids is 1. The van der Waals surface area contributed by atoms with Crippen LogP contribution in [0.5, 0.6) is 5.75 Å². The molecule has 18 heavy (non-hydrogen) atoms. The maximum Gasteiger partial charge on any atom is 0.349 e. The van der Waals surface area contributed by atoms with E-state index in [0.717, 1.165) is 0 Å². The monoisotopic (exact) mass is 263 g/mol. The van der Waals surface area contributed by atoms with Crippen LogP contribution in [0, 0.1) is 0 Å². The van der Waals surface area contributed by atoms with E-state index in [2.05, 4.69) is 4.98 Å². The van der Waals surface area contributed by atoms with Gasteiger partial charge in [-0.3, -0.25) is 4.98 Å². The lowest BCUT2D eigenvalue weighted by Crippen LogP contribution is -2.18. The number of benzene rings is 1. The first-order chi connectivity index (χ1) is 8.66. The summed E-state index contributed by atoms with van der Waals surface area (Å²) in [7, 11) is 0. The van der Waals surface area contributed by atoms with Crippen molar-refractivity contribution in [3.05, 3.63) is 59.4 Å². The van der Waals surface area contributed by atoms with Crippen molar-refractivity contribution >= 4 is 17.6 Å². The standard InChI is InChI=1S/C13H10ClNO3/c14-10-6-11(8-15-7-10)18-12(13(16)17)9-4-2-1-3-5-9/h1-8,12H,(H,16,17). The van der Waals surface area contributed by atoms with Crippen LogP contribution in [0.3, 0.4) is 0 Å². The number of carbonyl (C=O) groups is 1. The molecule has 1 heterocycles. The fourth-order valence-corrected chi connectivity index (χ4v) is 1.65. The van der Waals surface area contributed by atoms with Gasteiger partial charge in [0.15, 0.2) is 0 Å². The zero-order chi connectivity index (χ0) is 13.0. The van der Waals surface area contributed by atoms with Crippen LogP contribution in [-0.4, -0.2) is 16.1 Å². The lowest BCUT2D eigenvalue weighted by Gasteiger charge is -2.15. The highest BCUT2D eigenvalue weighted by Gasteiger charge is 2.21. The van der Waals surface area contributed by atoms with Gasteiger partial charge in [-0.25, -0.2) is 4.79 Å². The number of hydrogen-bond acceptors (Lipinski definition) is 3. The van der Waals surface area contributed by atoms with E-state index in [4.69, 9.17) is 16.3 Å². The number of ether oxygens (including phenoxy) is 1. The van der Waals surface area contributed by atoms with Crippen molar-refractivity contribution in [2.24, 2.45) is 0 Å². The van der Waals surface area contributed by atoms with Gasteiger partial charge in [-0.05, 0) is 0 Å². The van der Waals surface area contributed by atoms with Gasteiger partial charge in [0.2, 0.25) is 6.10 Å². The summed E-state index contributed by atoms with van der Waals surface area (Å²) < 4.78 is 5.40. The summed E-state index contributed by atoms with van der Waals surface area (Å²) in [6.45, 7) is 0. The molecular weight excluding hydrogens is 254 g/mol. The van der Waals surface area contributed by atoms with Crippen LogP contribution in [0.1, 0.15) is 11.7 Å². The first-order valence-electron chi connectivity index (χ1n) is 5.22. The molecule has 0 bridgehead atoms. The third kappa shape index (κ3) is 2.99. The molecule has 1 aromatic heterocycles. The van der Waals surface area contributed by atoms with Gasteiger partial charge in [-0.1, -0.05) is 41.9 Å². The summed E-state index contributed by atoms with van der Waals surface area (Å²) in [6, 6.07) is 10.2. The molecule has 1 aromatic carbocycles. The van der Waals surface area contributed by atoms with Gasteiger partial charge in [0, 0.05) is 17.8 Å². The summed E-state index contributed by atoms with van der Waals surface area (Å²) in [6.07, 6.45) is 1.80. The number of halogens is 1. The predicted molar refractivity (Wildman–Crippen MR) is 66.7 cm³/mol. The maximum absolute atomic E-state index is 11.2. The molecule has 0 saturated heterocycles. The second-order valence-electron chi connectivity index (χ2n) is 3.59. The van der Waals surface area contributed by atoms with Crippen molar-refractivity contribution in [3.8, 4) is 5.75 Å². The Kier molecular flexibility index (Phi) is 3.79.